The second kappa shape index (κ2) is 8.08. The monoisotopic (exact) mass is 314 g/mol. The molecule has 0 saturated heterocycles. The van der Waals surface area contributed by atoms with Gasteiger partial charge in [-0.1, -0.05) is 44.5 Å². The van der Waals surface area contributed by atoms with Gasteiger partial charge in [0.2, 0.25) is 0 Å². The molecule has 0 spiro atoms. The van der Waals surface area contributed by atoms with Crippen LogP contribution in [-0.2, 0) is 6.42 Å². The molecule has 0 heterocycles. The second-order valence-electron chi connectivity index (χ2n) is 4.89. The largest absolute Gasteiger partial charge is 0.207 e. The van der Waals surface area contributed by atoms with Gasteiger partial charge in [0.1, 0.15) is 5.82 Å². The molecule has 0 amide bonds. The average Bonchev–Trinajstić information content (AvgIpc) is 2.45. The third-order valence-electron chi connectivity index (χ3n) is 2.99. The molecule has 0 aliphatic heterocycles. The van der Waals surface area contributed by atoms with Gasteiger partial charge in [0, 0.05) is 5.02 Å². The van der Waals surface area contributed by atoms with Crippen molar-refractivity contribution in [3.8, 4) is 0 Å². The summed E-state index contributed by atoms with van der Waals surface area (Å²) in [6.07, 6.45) is 0.531. The van der Waals surface area contributed by atoms with Crippen LogP contribution in [0.4, 0.5) is 13.2 Å². The van der Waals surface area contributed by atoms with Gasteiger partial charge in [0.25, 0.3) is 0 Å². The SMILES string of the molecule is CC(C)c1cc(Cl)ccc1F.CCc1cccc(F)c1F. The van der Waals surface area contributed by atoms with Crippen LogP contribution in [-0.4, -0.2) is 0 Å². The fourth-order valence-electron chi connectivity index (χ4n) is 1.78. The summed E-state index contributed by atoms with van der Waals surface area (Å²) in [7, 11) is 0. The molecule has 0 radical (unpaired) electrons. The number of hydrogen-bond acceptors (Lipinski definition) is 0. The van der Waals surface area contributed by atoms with Gasteiger partial charge in [-0.3, -0.25) is 0 Å². The molecular formula is C17H18ClF3. The van der Waals surface area contributed by atoms with Gasteiger partial charge in [-0.2, -0.15) is 0 Å². The van der Waals surface area contributed by atoms with Gasteiger partial charge in [-0.15, -0.1) is 0 Å². The van der Waals surface area contributed by atoms with E-state index in [4.69, 9.17) is 11.6 Å². The van der Waals surface area contributed by atoms with E-state index in [0.29, 0.717) is 22.6 Å². The fraction of sp³-hybridized carbons (Fsp3) is 0.294. The van der Waals surface area contributed by atoms with Crippen LogP contribution in [0.25, 0.3) is 0 Å². The first-order chi connectivity index (χ1) is 9.86. The van der Waals surface area contributed by atoms with Crippen molar-refractivity contribution in [2.45, 2.75) is 33.1 Å². The zero-order chi connectivity index (χ0) is 16.0. The van der Waals surface area contributed by atoms with Gasteiger partial charge in [-0.05, 0) is 47.7 Å². The number of benzene rings is 2. The van der Waals surface area contributed by atoms with Crippen LogP contribution in [0.3, 0.4) is 0 Å². The molecule has 0 aliphatic rings. The van der Waals surface area contributed by atoms with Crippen LogP contribution >= 0.6 is 11.6 Å². The van der Waals surface area contributed by atoms with Crippen LogP contribution in [0, 0.1) is 17.5 Å². The zero-order valence-electron chi connectivity index (χ0n) is 12.3. The molecule has 114 valence electrons. The van der Waals surface area contributed by atoms with Crippen molar-refractivity contribution in [3.05, 3.63) is 70.0 Å². The Balaban J connectivity index is 0.000000211. The maximum Gasteiger partial charge on any atom is 0.161 e. The van der Waals surface area contributed by atoms with E-state index in [1.54, 1.807) is 25.1 Å². The zero-order valence-corrected chi connectivity index (χ0v) is 13.0. The van der Waals surface area contributed by atoms with E-state index in [2.05, 4.69) is 0 Å². The van der Waals surface area contributed by atoms with Gasteiger partial charge < -0.3 is 0 Å². The molecule has 0 atom stereocenters. The first-order valence-electron chi connectivity index (χ1n) is 6.74. The Hall–Kier alpha value is -1.48. The first-order valence-corrected chi connectivity index (χ1v) is 7.12. The molecule has 0 fully saturated rings. The molecular weight excluding hydrogens is 297 g/mol. The normalized spacial score (nSPS) is 10.3. The molecule has 0 saturated carbocycles. The van der Waals surface area contributed by atoms with E-state index in [-0.39, 0.29) is 11.7 Å². The Morgan fingerprint density at radius 3 is 2.14 bits per heavy atom. The number of aryl methyl sites for hydroxylation is 1. The summed E-state index contributed by atoms with van der Waals surface area (Å²) < 4.78 is 38.0. The molecule has 21 heavy (non-hydrogen) atoms. The van der Waals surface area contributed by atoms with E-state index >= 15 is 0 Å². The van der Waals surface area contributed by atoms with Crippen molar-refractivity contribution in [1.82, 2.24) is 0 Å². The number of hydrogen-bond donors (Lipinski definition) is 0. The van der Waals surface area contributed by atoms with E-state index < -0.39 is 11.6 Å². The predicted octanol–water partition coefficient (Wildman–Crippen LogP) is 6.13. The second-order valence-corrected chi connectivity index (χ2v) is 5.32. The van der Waals surface area contributed by atoms with Crippen LogP contribution in [0.15, 0.2) is 36.4 Å². The Labute approximate surface area is 128 Å². The van der Waals surface area contributed by atoms with Crippen molar-refractivity contribution >= 4 is 11.6 Å². The Kier molecular flexibility index (Phi) is 6.76. The van der Waals surface area contributed by atoms with Crippen molar-refractivity contribution in [2.75, 3.05) is 0 Å². The smallest absolute Gasteiger partial charge is 0.161 e. The van der Waals surface area contributed by atoms with Crippen LogP contribution < -0.4 is 0 Å². The van der Waals surface area contributed by atoms with Crippen LogP contribution in [0.5, 0.6) is 0 Å². The minimum Gasteiger partial charge on any atom is -0.207 e. The maximum atomic E-state index is 13.0. The van der Waals surface area contributed by atoms with E-state index in [1.807, 2.05) is 13.8 Å². The minimum absolute atomic E-state index is 0.176. The molecule has 2 aromatic carbocycles. The molecule has 0 bridgehead atoms. The van der Waals surface area contributed by atoms with Crippen LogP contribution in [0.2, 0.25) is 5.02 Å². The highest BCUT2D eigenvalue weighted by Crippen LogP contribution is 2.21. The third kappa shape index (κ3) is 5.09. The van der Waals surface area contributed by atoms with Crippen LogP contribution in [0.1, 0.15) is 37.8 Å². The topological polar surface area (TPSA) is 0 Å². The first kappa shape index (κ1) is 17.6. The minimum atomic E-state index is -0.764. The summed E-state index contributed by atoms with van der Waals surface area (Å²) in [6.45, 7) is 5.67. The fourth-order valence-corrected chi connectivity index (χ4v) is 1.96. The lowest BCUT2D eigenvalue weighted by atomic mass is 10.0. The van der Waals surface area contributed by atoms with Crippen molar-refractivity contribution in [2.24, 2.45) is 0 Å². The summed E-state index contributed by atoms with van der Waals surface area (Å²) in [5.74, 6) is -1.47. The molecule has 0 nitrogen and oxygen atoms in total. The predicted molar refractivity (Wildman–Crippen MR) is 81.2 cm³/mol. The molecule has 0 unspecified atom stereocenters. The van der Waals surface area contributed by atoms with E-state index in [0.717, 1.165) is 6.07 Å². The highest BCUT2D eigenvalue weighted by atomic mass is 35.5. The Morgan fingerprint density at radius 1 is 1.00 bits per heavy atom. The summed E-state index contributed by atoms with van der Waals surface area (Å²) in [5, 5.41) is 0.593. The molecule has 2 aromatic rings. The molecule has 0 aliphatic carbocycles. The lowest BCUT2D eigenvalue weighted by Crippen LogP contribution is -1.91. The maximum absolute atomic E-state index is 13.0. The third-order valence-corrected chi connectivity index (χ3v) is 3.23. The number of halogens is 4. The van der Waals surface area contributed by atoms with Gasteiger partial charge >= 0.3 is 0 Å². The quantitative estimate of drug-likeness (QED) is 0.625. The summed E-state index contributed by atoms with van der Waals surface area (Å²) in [6, 6.07) is 8.84. The Morgan fingerprint density at radius 2 is 1.67 bits per heavy atom. The molecule has 0 aromatic heterocycles. The summed E-state index contributed by atoms with van der Waals surface area (Å²) in [5.41, 5.74) is 1.11. The van der Waals surface area contributed by atoms with E-state index in [9.17, 15) is 13.2 Å². The summed E-state index contributed by atoms with van der Waals surface area (Å²) >= 11 is 5.69. The van der Waals surface area contributed by atoms with Crippen molar-refractivity contribution < 1.29 is 13.2 Å². The number of rotatable bonds is 2. The molecule has 4 heteroatoms. The highest BCUT2D eigenvalue weighted by Gasteiger charge is 2.06. The lowest BCUT2D eigenvalue weighted by Gasteiger charge is -2.06. The Bertz CT molecular complexity index is 595. The van der Waals surface area contributed by atoms with Crippen molar-refractivity contribution in [3.63, 3.8) is 0 Å². The highest BCUT2D eigenvalue weighted by molar-refractivity contribution is 6.30. The molecule has 0 N–H and O–H groups in total. The van der Waals surface area contributed by atoms with Gasteiger partial charge in [0.15, 0.2) is 11.6 Å². The van der Waals surface area contributed by atoms with E-state index in [1.165, 1.54) is 12.1 Å². The molecule has 2 rings (SSSR count). The van der Waals surface area contributed by atoms with Gasteiger partial charge in [0.05, 0.1) is 0 Å². The lowest BCUT2D eigenvalue weighted by molar-refractivity contribution is 0.500. The average molecular weight is 315 g/mol. The van der Waals surface area contributed by atoms with Gasteiger partial charge in [-0.25, -0.2) is 13.2 Å². The summed E-state index contributed by atoms with van der Waals surface area (Å²) in [4.78, 5) is 0. The standard InChI is InChI=1S/C9H10ClF.C8H8F2/c1-6(2)8-5-7(10)3-4-9(8)11;1-2-6-4-3-5-7(9)8(6)10/h3-6H,1-2H3;3-5H,2H2,1H3. The van der Waals surface area contributed by atoms with Crippen molar-refractivity contribution in [1.29, 1.82) is 0 Å².